The smallest absolute Gasteiger partial charge is 0.395 e. The average molecular weight is 336 g/mol. The summed E-state index contributed by atoms with van der Waals surface area (Å²) in [5.74, 6) is 0. The number of fused-ring (bicyclic) bond motifs is 1. The number of allylic oxidation sites excluding steroid dienone is 4. The predicted octanol–water partition coefficient (Wildman–Crippen LogP) is 4.88. The van der Waals surface area contributed by atoms with Crippen LogP contribution in [0.1, 0.15) is 30.4 Å². The lowest BCUT2D eigenvalue weighted by atomic mass is 9.91. The predicted molar refractivity (Wildman–Crippen MR) is 92.8 cm³/mol. The SMILES string of the molecule is C=C/C(=C\C=C(/N)C(F)(F)F)CCNc1ccc2c(c1)CCCC2. The van der Waals surface area contributed by atoms with Crippen LogP contribution in [0.5, 0.6) is 0 Å². The van der Waals surface area contributed by atoms with Crippen molar-refractivity contribution in [2.24, 2.45) is 5.73 Å². The van der Waals surface area contributed by atoms with E-state index in [1.54, 1.807) is 6.08 Å². The molecule has 1 aromatic carbocycles. The van der Waals surface area contributed by atoms with Gasteiger partial charge in [0.25, 0.3) is 0 Å². The van der Waals surface area contributed by atoms with E-state index in [0.29, 0.717) is 18.5 Å². The average Bonchev–Trinajstić information content (AvgIpc) is 2.56. The fourth-order valence-corrected chi connectivity index (χ4v) is 2.74. The molecule has 0 radical (unpaired) electrons. The molecule has 1 aliphatic carbocycles. The molecule has 0 unspecified atom stereocenters. The molecule has 2 nitrogen and oxygen atoms in total. The number of hydrogen-bond donors (Lipinski definition) is 2. The summed E-state index contributed by atoms with van der Waals surface area (Å²) in [7, 11) is 0. The van der Waals surface area contributed by atoms with Gasteiger partial charge in [0.2, 0.25) is 0 Å². The summed E-state index contributed by atoms with van der Waals surface area (Å²) in [4.78, 5) is 0. The van der Waals surface area contributed by atoms with Gasteiger partial charge >= 0.3 is 6.18 Å². The molecule has 0 spiro atoms. The Morgan fingerprint density at radius 2 is 1.88 bits per heavy atom. The molecule has 0 saturated carbocycles. The first-order chi connectivity index (χ1) is 11.4. The zero-order valence-electron chi connectivity index (χ0n) is 13.6. The summed E-state index contributed by atoms with van der Waals surface area (Å²) in [6, 6.07) is 6.39. The Kier molecular flexibility index (Phi) is 6.12. The summed E-state index contributed by atoms with van der Waals surface area (Å²) in [6.45, 7) is 4.26. The van der Waals surface area contributed by atoms with Crippen LogP contribution in [0, 0.1) is 0 Å². The van der Waals surface area contributed by atoms with Crippen molar-refractivity contribution >= 4 is 5.69 Å². The quantitative estimate of drug-likeness (QED) is 0.726. The molecule has 24 heavy (non-hydrogen) atoms. The number of nitrogens with one attached hydrogen (secondary N) is 1. The zero-order chi connectivity index (χ0) is 17.6. The molecule has 0 atom stereocenters. The molecule has 0 aliphatic heterocycles. The third-order valence-corrected chi connectivity index (χ3v) is 4.16. The molecule has 0 amide bonds. The molecule has 5 heteroatoms. The van der Waals surface area contributed by atoms with E-state index in [4.69, 9.17) is 5.73 Å². The van der Waals surface area contributed by atoms with Crippen LogP contribution in [0.4, 0.5) is 18.9 Å². The molecule has 0 fully saturated rings. The fourth-order valence-electron chi connectivity index (χ4n) is 2.74. The van der Waals surface area contributed by atoms with Crippen LogP contribution in [0.25, 0.3) is 0 Å². The Balaban J connectivity index is 1.91. The highest BCUT2D eigenvalue weighted by Gasteiger charge is 2.30. The van der Waals surface area contributed by atoms with E-state index in [-0.39, 0.29) is 0 Å². The van der Waals surface area contributed by atoms with Gasteiger partial charge in [0.05, 0.1) is 0 Å². The minimum atomic E-state index is -4.50. The third-order valence-electron chi connectivity index (χ3n) is 4.16. The van der Waals surface area contributed by atoms with Crippen LogP contribution >= 0.6 is 0 Å². The summed E-state index contributed by atoms with van der Waals surface area (Å²) >= 11 is 0. The Bertz CT molecular complexity index is 643. The highest BCUT2D eigenvalue weighted by molar-refractivity contribution is 5.49. The number of rotatable bonds is 6. The second-order valence-corrected chi connectivity index (χ2v) is 5.93. The van der Waals surface area contributed by atoms with Gasteiger partial charge in [0.15, 0.2) is 0 Å². The number of hydrogen-bond acceptors (Lipinski definition) is 2. The van der Waals surface area contributed by atoms with Crippen molar-refractivity contribution in [1.82, 2.24) is 0 Å². The van der Waals surface area contributed by atoms with Gasteiger partial charge in [0.1, 0.15) is 5.70 Å². The third kappa shape index (κ3) is 5.18. The van der Waals surface area contributed by atoms with Crippen LogP contribution in [0.2, 0.25) is 0 Å². The molecule has 1 aliphatic rings. The van der Waals surface area contributed by atoms with Crippen LogP contribution in [0.3, 0.4) is 0 Å². The van der Waals surface area contributed by atoms with Crippen molar-refractivity contribution in [1.29, 1.82) is 0 Å². The van der Waals surface area contributed by atoms with Crippen LogP contribution in [-0.4, -0.2) is 12.7 Å². The van der Waals surface area contributed by atoms with Gasteiger partial charge in [-0.2, -0.15) is 13.2 Å². The molecule has 0 saturated heterocycles. The van der Waals surface area contributed by atoms with E-state index in [1.165, 1.54) is 30.0 Å². The Morgan fingerprint density at radius 3 is 2.54 bits per heavy atom. The standard InChI is InChI=1S/C19H23F3N2/c1-2-14(7-10-18(23)19(20,21)22)11-12-24-17-9-8-15-5-3-4-6-16(15)13-17/h2,7-10,13,24H,1,3-6,11-12,23H2/b14-7+,18-10-. The van der Waals surface area contributed by atoms with Gasteiger partial charge in [-0.3, -0.25) is 0 Å². The molecule has 0 heterocycles. The van der Waals surface area contributed by atoms with Gasteiger partial charge in [-0.25, -0.2) is 0 Å². The molecular formula is C19H23F3N2. The first-order valence-electron chi connectivity index (χ1n) is 8.12. The minimum absolute atomic E-state index is 0.572. The molecular weight excluding hydrogens is 313 g/mol. The van der Waals surface area contributed by atoms with Crippen molar-refractivity contribution in [2.45, 2.75) is 38.3 Å². The lowest BCUT2D eigenvalue weighted by Crippen LogP contribution is -2.18. The van der Waals surface area contributed by atoms with E-state index in [9.17, 15) is 13.2 Å². The number of anilines is 1. The largest absolute Gasteiger partial charge is 0.430 e. The Labute approximate surface area is 140 Å². The Morgan fingerprint density at radius 1 is 1.17 bits per heavy atom. The van der Waals surface area contributed by atoms with E-state index >= 15 is 0 Å². The number of alkyl halides is 3. The second kappa shape index (κ2) is 8.08. The van der Waals surface area contributed by atoms with Crippen molar-refractivity contribution in [2.75, 3.05) is 11.9 Å². The number of benzene rings is 1. The molecule has 0 aromatic heterocycles. The van der Waals surface area contributed by atoms with Crippen molar-refractivity contribution in [3.05, 3.63) is 65.4 Å². The Hall–Kier alpha value is -2.17. The summed E-state index contributed by atoms with van der Waals surface area (Å²) < 4.78 is 37.1. The molecule has 0 bridgehead atoms. The van der Waals surface area contributed by atoms with E-state index in [0.717, 1.165) is 24.6 Å². The van der Waals surface area contributed by atoms with Crippen molar-refractivity contribution in [3.8, 4) is 0 Å². The van der Waals surface area contributed by atoms with Gasteiger partial charge in [-0.15, -0.1) is 0 Å². The minimum Gasteiger partial charge on any atom is -0.395 e. The summed E-state index contributed by atoms with van der Waals surface area (Å²) in [6.07, 6.45) is 4.62. The fraction of sp³-hybridized carbons (Fsp3) is 0.368. The van der Waals surface area contributed by atoms with E-state index in [2.05, 4.69) is 30.1 Å². The lowest BCUT2D eigenvalue weighted by molar-refractivity contribution is -0.0926. The topological polar surface area (TPSA) is 38.0 Å². The van der Waals surface area contributed by atoms with Gasteiger partial charge in [-0.05, 0) is 67.0 Å². The van der Waals surface area contributed by atoms with E-state index in [1.807, 2.05) is 0 Å². The highest BCUT2D eigenvalue weighted by Crippen LogP contribution is 2.24. The number of aryl methyl sites for hydroxylation is 2. The molecule has 2 rings (SSSR count). The van der Waals surface area contributed by atoms with Crippen LogP contribution in [0.15, 0.2) is 54.3 Å². The van der Waals surface area contributed by atoms with Gasteiger partial charge < -0.3 is 11.1 Å². The summed E-state index contributed by atoms with van der Waals surface area (Å²) in [5, 5.41) is 3.31. The first kappa shape index (κ1) is 18.2. The highest BCUT2D eigenvalue weighted by atomic mass is 19.4. The van der Waals surface area contributed by atoms with Crippen LogP contribution < -0.4 is 11.1 Å². The zero-order valence-corrected chi connectivity index (χ0v) is 13.6. The molecule has 3 N–H and O–H groups in total. The first-order valence-corrected chi connectivity index (χ1v) is 8.12. The van der Waals surface area contributed by atoms with Gasteiger partial charge in [-0.1, -0.05) is 24.8 Å². The van der Waals surface area contributed by atoms with Gasteiger partial charge in [0, 0.05) is 12.2 Å². The monoisotopic (exact) mass is 336 g/mol. The van der Waals surface area contributed by atoms with Crippen LogP contribution in [-0.2, 0) is 12.8 Å². The number of halogens is 3. The number of nitrogens with two attached hydrogens (primary N) is 1. The normalized spacial score (nSPS) is 15.8. The van der Waals surface area contributed by atoms with Crippen molar-refractivity contribution in [3.63, 3.8) is 0 Å². The summed E-state index contributed by atoms with van der Waals surface area (Å²) in [5.41, 5.74) is 8.44. The maximum atomic E-state index is 12.4. The van der Waals surface area contributed by atoms with E-state index < -0.39 is 11.9 Å². The second-order valence-electron chi connectivity index (χ2n) is 5.93. The van der Waals surface area contributed by atoms with Crippen molar-refractivity contribution < 1.29 is 13.2 Å². The molecule has 1 aromatic rings. The molecule has 130 valence electrons. The maximum absolute atomic E-state index is 12.4. The maximum Gasteiger partial charge on any atom is 0.430 e. The lowest BCUT2D eigenvalue weighted by Gasteiger charge is -2.17.